The second-order valence-corrected chi connectivity index (χ2v) is 4.79. The molecule has 1 saturated carbocycles. The second-order valence-electron chi connectivity index (χ2n) is 4.06. The molecule has 1 aliphatic rings. The van der Waals surface area contributed by atoms with E-state index in [0.717, 1.165) is 25.7 Å². The summed E-state index contributed by atoms with van der Waals surface area (Å²) < 4.78 is 14.7. The number of hydrogen-bond donors (Lipinski definition) is 1. The molecule has 0 amide bonds. The lowest BCUT2D eigenvalue weighted by atomic mass is 9.73. The summed E-state index contributed by atoms with van der Waals surface area (Å²) in [4.78, 5) is 20.1. The first-order chi connectivity index (χ1) is 6.54. The molecule has 4 nitrogen and oxygen atoms in total. The van der Waals surface area contributed by atoms with E-state index in [4.69, 9.17) is 4.89 Å². The summed E-state index contributed by atoms with van der Waals surface area (Å²) in [6, 6.07) is 0. The van der Waals surface area contributed by atoms with E-state index >= 15 is 0 Å². The molecule has 0 heterocycles. The third kappa shape index (κ3) is 3.12. The molecule has 1 rings (SSSR count). The summed E-state index contributed by atoms with van der Waals surface area (Å²) in [5.41, 5.74) is -0.330. The number of carbonyl (C=O) groups is 1. The summed E-state index contributed by atoms with van der Waals surface area (Å²) in [6.07, 6.45) is 5.05. The Hall–Kier alpha value is -0.310. The van der Waals surface area contributed by atoms with E-state index in [2.05, 4.69) is 4.52 Å². The van der Waals surface area contributed by atoms with Gasteiger partial charge in [-0.3, -0.25) is 4.79 Å². The summed E-state index contributed by atoms with van der Waals surface area (Å²) in [7, 11) is -2.65. The van der Waals surface area contributed by atoms with E-state index in [0.29, 0.717) is 0 Å². The van der Waals surface area contributed by atoms with Crippen molar-refractivity contribution in [3.63, 3.8) is 0 Å². The highest BCUT2D eigenvalue weighted by atomic mass is 31.1. The molecule has 0 aromatic carbocycles. The van der Waals surface area contributed by atoms with Gasteiger partial charge in [-0.1, -0.05) is 26.2 Å². The van der Waals surface area contributed by atoms with Gasteiger partial charge in [0, 0.05) is 9.98 Å². The maximum atomic E-state index is 11.7. The zero-order valence-corrected chi connectivity index (χ0v) is 9.26. The number of Topliss-reactive ketones (excluding diaryl/α,β-unsaturated/α-hetero) is 1. The van der Waals surface area contributed by atoms with Gasteiger partial charge in [0.15, 0.2) is 12.4 Å². The maximum Gasteiger partial charge on any atom is 0.695 e. The van der Waals surface area contributed by atoms with Crippen molar-refractivity contribution in [1.29, 1.82) is 0 Å². The Balaban J connectivity index is 2.45. The Morgan fingerprint density at radius 3 is 2.50 bits per heavy atom. The molecule has 0 aromatic rings. The van der Waals surface area contributed by atoms with Crippen LogP contribution in [0.5, 0.6) is 0 Å². The molecule has 0 spiro atoms. The molecule has 0 bridgehead atoms. The fourth-order valence-electron chi connectivity index (χ4n) is 1.90. The van der Waals surface area contributed by atoms with Crippen LogP contribution in [0.1, 0.15) is 39.0 Å². The van der Waals surface area contributed by atoms with Crippen LogP contribution < -0.4 is 0 Å². The van der Waals surface area contributed by atoms with Gasteiger partial charge in [-0.15, -0.1) is 9.42 Å². The van der Waals surface area contributed by atoms with Crippen molar-refractivity contribution in [2.75, 3.05) is 6.61 Å². The molecule has 0 radical (unpaired) electrons. The third-order valence-corrected chi connectivity index (χ3v) is 3.29. The monoisotopic (exact) mass is 219 g/mol. The smallest absolute Gasteiger partial charge is 0.296 e. The Morgan fingerprint density at radius 2 is 2.00 bits per heavy atom. The van der Waals surface area contributed by atoms with Crippen LogP contribution in [0.4, 0.5) is 0 Å². The van der Waals surface area contributed by atoms with Crippen molar-refractivity contribution in [3.05, 3.63) is 0 Å². The van der Waals surface area contributed by atoms with Crippen LogP contribution in [0.2, 0.25) is 0 Å². The molecule has 14 heavy (non-hydrogen) atoms. The van der Waals surface area contributed by atoms with E-state index in [9.17, 15) is 9.36 Å². The fraction of sp³-hybridized carbons (Fsp3) is 0.889. The molecule has 0 aromatic heterocycles. The van der Waals surface area contributed by atoms with Crippen LogP contribution in [0.25, 0.3) is 0 Å². The zero-order chi connectivity index (χ0) is 10.6. The average molecular weight is 219 g/mol. The van der Waals surface area contributed by atoms with Crippen LogP contribution in [0.3, 0.4) is 0 Å². The first-order valence-electron chi connectivity index (χ1n) is 4.87. The minimum atomic E-state index is -2.65. The lowest BCUT2D eigenvalue weighted by Gasteiger charge is -2.31. The minimum Gasteiger partial charge on any atom is -0.296 e. The van der Waals surface area contributed by atoms with Crippen molar-refractivity contribution in [1.82, 2.24) is 0 Å². The van der Waals surface area contributed by atoms with E-state index in [1.165, 1.54) is 6.42 Å². The molecular formula is C9H16O4P+. The Labute approximate surface area is 84.6 Å². The highest BCUT2D eigenvalue weighted by Gasteiger charge is 2.35. The highest BCUT2D eigenvalue weighted by Crippen LogP contribution is 2.37. The van der Waals surface area contributed by atoms with Crippen LogP contribution >= 0.6 is 8.25 Å². The minimum absolute atomic E-state index is 0.0467. The van der Waals surface area contributed by atoms with Gasteiger partial charge in [0.25, 0.3) is 0 Å². The van der Waals surface area contributed by atoms with Gasteiger partial charge in [0.05, 0.1) is 0 Å². The summed E-state index contributed by atoms with van der Waals surface area (Å²) in [6.45, 7) is 1.69. The lowest BCUT2D eigenvalue weighted by Crippen LogP contribution is -2.32. The summed E-state index contributed by atoms with van der Waals surface area (Å²) in [5.74, 6) is -0.0467. The predicted octanol–water partition coefficient (Wildman–Crippen LogP) is 2.19. The first kappa shape index (κ1) is 11.8. The lowest BCUT2D eigenvalue weighted by molar-refractivity contribution is -0.131. The van der Waals surface area contributed by atoms with Gasteiger partial charge in [0.1, 0.15) is 0 Å². The van der Waals surface area contributed by atoms with Crippen molar-refractivity contribution in [2.24, 2.45) is 5.41 Å². The number of carbonyl (C=O) groups excluding carboxylic acids is 1. The largest absolute Gasteiger partial charge is 0.695 e. The standard InChI is InChI=1S/C9H15O4P/c1-9(5-3-2-4-6-9)8(10)7-13-14(11)12/h2-7H2,1H3/p+1. The molecule has 5 heteroatoms. The SMILES string of the molecule is CC1(C(=O)CO[P+](=O)O)CCCCC1. The van der Waals surface area contributed by atoms with Crippen molar-refractivity contribution >= 4 is 14.0 Å². The molecule has 1 fully saturated rings. The quantitative estimate of drug-likeness (QED) is 0.736. The van der Waals surface area contributed by atoms with Gasteiger partial charge in [0.2, 0.25) is 0 Å². The molecule has 1 aliphatic carbocycles. The van der Waals surface area contributed by atoms with Crippen LogP contribution in [-0.4, -0.2) is 17.3 Å². The molecule has 80 valence electrons. The number of ketones is 1. The number of hydrogen-bond acceptors (Lipinski definition) is 3. The summed E-state index contributed by atoms with van der Waals surface area (Å²) >= 11 is 0. The van der Waals surface area contributed by atoms with E-state index in [1.54, 1.807) is 0 Å². The Morgan fingerprint density at radius 1 is 1.43 bits per heavy atom. The predicted molar refractivity (Wildman–Crippen MR) is 52.0 cm³/mol. The molecular weight excluding hydrogens is 203 g/mol. The normalized spacial score (nSPS) is 21.7. The molecule has 1 atom stereocenters. The Bertz CT molecular complexity index is 233. The van der Waals surface area contributed by atoms with Crippen molar-refractivity contribution in [2.45, 2.75) is 39.0 Å². The van der Waals surface area contributed by atoms with E-state index in [1.807, 2.05) is 6.92 Å². The average Bonchev–Trinajstić information content (AvgIpc) is 2.15. The van der Waals surface area contributed by atoms with Crippen LogP contribution in [0.15, 0.2) is 0 Å². The van der Waals surface area contributed by atoms with Gasteiger partial charge in [-0.05, 0) is 12.8 Å². The van der Waals surface area contributed by atoms with Crippen molar-refractivity contribution in [3.8, 4) is 0 Å². The number of rotatable bonds is 4. The second kappa shape index (κ2) is 4.96. The fourth-order valence-corrected chi connectivity index (χ4v) is 2.13. The van der Waals surface area contributed by atoms with Gasteiger partial charge >= 0.3 is 8.25 Å². The molecule has 1 unspecified atom stereocenters. The zero-order valence-electron chi connectivity index (χ0n) is 8.36. The van der Waals surface area contributed by atoms with E-state index < -0.39 is 8.25 Å². The molecule has 1 N–H and O–H groups in total. The van der Waals surface area contributed by atoms with Crippen LogP contribution in [-0.2, 0) is 13.9 Å². The third-order valence-electron chi connectivity index (χ3n) is 2.94. The van der Waals surface area contributed by atoms with Gasteiger partial charge in [-0.2, -0.15) is 0 Å². The maximum absolute atomic E-state index is 11.7. The van der Waals surface area contributed by atoms with Crippen molar-refractivity contribution < 1.29 is 18.8 Å². The molecule has 0 aliphatic heterocycles. The molecule has 0 saturated heterocycles. The highest BCUT2D eigenvalue weighted by molar-refractivity contribution is 7.32. The van der Waals surface area contributed by atoms with Crippen LogP contribution in [0, 0.1) is 5.41 Å². The topological polar surface area (TPSA) is 63.6 Å². The van der Waals surface area contributed by atoms with E-state index in [-0.39, 0.29) is 17.8 Å². The van der Waals surface area contributed by atoms with Gasteiger partial charge < -0.3 is 0 Å². The van der Waals surface area contributed by atoms with Gasteiger partial charge in [-0.25, -0.2) is 0 Å². The first-order valence-corrected chi connectivity index (χ1v) is 6.00. The summed E-state index contributed by atoms with van der Waals surface area (Å²) in [5, 5.41) is 0. The Kier molecular flexibility index (Phi) is 4.17.